The van der Waals surface area contributed by atoms with Crippen LogP contribution >= 0.6 is 0 Å². The molecule has 0 saturated carbocycles. The van der Waals surface area contributed by atoms with Gasteiger partial charge in [-0.3, -0.25) is 15.8 Å². The lowest BCUT2D eigenvalue weighted by Crippen LogP contribution is -2.37. The number of halogens is 2. The van der Waals surface area contributed by atoms with E-state index in [1.54, 1.807) is 18.1 Å². The second-order valence-electron chi connectivity index (χ2n) is 6.26. The quantitative estimate of drug-likeness (QED) is 0.486. The van der Waals surface area contributed by atoms with Crippen molar-refractivity contribution in [2.24, 2.45) is 0 Å². The van der Waals surface area contributed by atoms with Gasteiger partial charge in [0.1, 0.15) is 11.8 Å². The lowest BCUT2D eigenvalue weighted by Gasteiger charge is -2.25. The van der Waals surface area contributed by atoms with Crippen LogP contribution in [0.25, 0.3) is 0 Å². The Morgan fingerprint density at radius 1 is 1.36 bits per heavy atom. The fraction of sp³-hybridized carbons (Fsp3) is 0.471. The number of carbonyl (C=O) groups is 1. The number of carbonyl (C=O) groups excluding carboxylic acids is 1. The molecule has 0 radical (unpaired) electrons. The van der Waals surface area contributed by atoms with Gasteiger partial charge in [-0.15, -0.1) is 5.10 Å². The smallest absolute Gasteiger partial charge is 0.414 e. The predicted molar refractivity (Wildman–Crippen MR) is 98.9 cm³/mol. The van der Waals surface area contributed by atoms with Gasteiger partial charge in [-0.1, -0.05) is 5.21 Å². The molecule has 152 valence electrons. The minimum absolute atomic E-state index is 0.115. The van der Waals surface area contributed by atoms with Crippen LogP contribution in [0.5, 0.6) is 0 Å². The Bertz CT molecular complexity index is 780. The number of nitrogens with one attached hydrogen (secondary N) is 2. The van der Waals surface area contributed by atoms with E-state index in [-0.39, 0.29) is 17.9 Å². The Hall–Kier alpha value is -2.79. The summed E-state index contributed by atoms with van der Waals surface area (Å²) in [6.45, 7) is 3.65. The number of likely N-dealkylation sites (N-methyl/N-ethyl adjacent to an activating group) is 1. The van der Waals surface area contributed by atoms with Gasteiger partial charge < -0.3 is 9.64 Å². The highest BCUT2D eigenvalue weighted by molar-refractivity contribution is 5.90. The molecule has 1 amide bonds. The number of benzene rings is 1. The van der Waals surface area contributed by atoms with Crippen molar-refractivity contribution < 1.29 is 18.3 Å². The van der Waals surface area contributed by atoms with Gasteiger partial charge in [0.2, 0.25) is 0 Å². The highest BCUT2D eigenvalue weighted by atomic mass is 19.1. The van der Waals surface area contributed by atoms with E-state index < -0.39 is 23.8 Å². The Kier molecular flexibility index (Phi) is 6.37. The zero-order valence-electron chi connectivity index (χ0n) is 15.7. The monoisotopic (exact) mass is 395 g/mol. The summed E-state index contributed by atoms with van der Waals surface area (Å²) in [5.74, 6) is -1.46. The molecule has 2 aromatic rings. The maximum absolute atomic E-state index is 14.7. The summed E-state index contributed by atoms with van der Waals surface area (Å²) in [5, 5.41) is 7.51. The molecular weight excluding hydrogens is 372 g/mol. The summed E-state index contributed by atoms with van der Waals surface area (Å²) in [4.78, 5) is 15.0. The van der Waals surface area contributed by atoms with Gasteiger partial charge in [0.25, 0.3) is 0 Å². The number of ether oxygens (including phenoxy) is 1. The SMILES string of the molecule is CCN(CCNNC)c1c(F)cc(N2C[C@H](Cn3ccnn3)OC2=O)cc1F. The van der Waals surface area contributed by atoms with Crippen LogP contribution in [-0.4, -0.2) is 60.4 Å². The third-order valence-corrected chi connectivity index (χ3v) is 4.43. The lowest BCUT2D eigenvalue weighted by molar-refractivity contribution is 0.129. The molecule has 2 N–H and O–H groups in total. The van der Waals surface area contributed by atoms with Crippen LogP contribution in [0.15, 0.2) is 24.5 Å². The molecule has 1 aliphatic rings. The standard InChI is InChI=1S/C17H23F2N7O2/c1-3-24(6-4-21-20-2)16-14(18)8-12(9-15(16)19)26-11-13(28-17(26)27)10-25-7-5-22-23-25/h5,7-9,13,20-21H,3-4,6,10-11H2,1-2H3/t13-/m0/s1. The second-order valence-corrected chi connectivity index (χ2v) is 6.26. The van der Waals surface area contributed by atoms with Crippen LogP contribution in [-0.2, 0) is 11.3 Å². The van der Waals surface area contributed by atoms with E-state index in [9.17, 15) is 13.6 Å². The first-order valence-electron chi connectivity index (χ1n) is 8.99. The molecule has 0 unspecified atom stereocenters. The molecule has 3 rings (SSSR count). The van der Waals surface area contributed by atoms with E-state index in [1.807, 2.05) is 6.92 Å². The van der Waals surface area contributed by atoms with E-state index in [0.717, 1.165) is 12.1 Å². The Labute approximate surface area is 161 Å². The van der Waals surface area contributed by atoms with Gasteiger partial charge in [-0.2, -0.15) is 0 Å². The Morgan fingerprint density at radius 2 is 2.11 bits per heavy atom. The van der Waals surface area contributed by atoms with Crippen molar-refractivity contribution in [2.75, 3.05) is 43.0 Å². The molecule has 11 heteroatoms. The van der Waals surface area contributed by atoms with Gasteiger partial charge in [-0.25, -0.2) is 18.3 Å². The van der Waals surface area contributed by atoms with Gasteiger partial charge >= 0.3 is 6.09 Å². The molecule has 9 nitrogen and oxygen atoms in total. The highest BCUT2D eigenvalue weighted by Gasteiger charge is 2.34. The fourth-order valence-electron chi connectivity index (χ4n) is 3.12. The molecule has 1 fully saturated rings. The van der Waals surface area contributed by atoms with E-state index in [1.165, 1.54) is 15.8 Å². The predicted octanol–water partition coefficient (Wildman–Crippen LogP) is 1.13. The van der Waals surface area contributed by atoms with Crippen LogP contribution < -0.4 is 20.7 Å². The van der Waals surface area contributed by atoms with Crippen molar-refractivity contribution in [2.45, 2.75) is 19.6 Å². The molecule has 1 atom stereocenters. The molecule has 1 saturated heterocycles. The third kappa shape index (κ3) is 4.37. The van der Waals surface area contributed by atoms with Crippen molar-refractivity contribution in [3.8, 4) is 0 Å². The van der Waals surface area contributed by atoms with Gasteiger partial charge in [0, 0.05) is 38.0 Å². The topological polar surface area (TPSA) is 87.6 Å². The van der Waals surface area contributed by atoms with Crippen molar-refractivity contribution >= 4 is 17.5 Å². The second kappa shape index (κ2) is 8.93. The lowest BCUT2D eigenvalue weighted by atomic mass is 10.2. The zero-order chi connectivity index (χ0) is 20.1. The number of aromatic nitrogens is 3. The largest absolute Gasteiger partial charge is 0.442 e. The molecule has 0 bridgehead atoms. The maximum atomic E-state index is 14.7. The van der Waals surface area contributed by atoms with Crippen molar-refractivity contribution in [3.63, 3.8) is 0 Å². The van der Waals surface area contributed by atoms with Crippen LogP contribution in [0.3, 0.4) is 0 Å². The Morgan fingerprint density at radius 3 is 2.71 bits per heavy atom. The van der Waals surface area contributed by atoms with Crippen molar-refractivity contribution in [1.82, 2.24) is 25.8 Å². The number of hydrogen-bond acceptors (Lipinski definition) is 7. The Balaban J connectivity index is 1.75. The molecule has 1 aromatic carbocycles. The van der Waals surface area contributed by atoms with Crippen LogP contribution in [0.4, 0.5) is 25.0 Å². The number of rotatable bonds is 9. The molecule has 1 aromatic heterocycles. The number of nitrogens with zero attached hydrogens (tertiary/aromatic N) is 5. The maximum Gasteiger partial charge on any atom is 0.414 e. The first-order chi connectivity index (χ1) is 13.5. The van der Waals surface area contributed by atoms with Crippen molar-refractivity contribution in [3.05, 3.63) is 36.2 Å². The number of anilines is 2. The van der Waals surface area contributed by atoms with Crippen molar-refractivity contribution in [1.29, 1.82) is 0 Å². The number of cyclic esters (lactones) is 1. The van der Waals surface area contributed by atoms with Gasteiger partial charge in [0.05, 0.1) is 25.0 Å². The van der Waals surface area contributed by atoms with Gasteiger partial charge in [0.15, 0.2) is 11.6 Å². The average Bonchev–Trinajstić information content (AvgIpc) is 3.29. The summed E-state index contributed by atoms with van der Waals surface area (Å²) >= 11 is 0. The minimum atomic E-state index is -0.728. The first-order valence-corrected chi connectivity index (χ1v) is 8.99. The molecule has 2 heterocycles. The number of amides is 1. The summed E-state index contributed by atoms with van der Waals surface area (Å²) in [5.41, 5.74) is 5.66. The number of hydrogen-bond donors (Lipinski definition) is 2. The first kappa shape index (κ1) is 20.0. The van der Waals surface area contributed by atoms with Crippen LogP contribution in [0, 0.1) is 11.6 Å². The summed E-state index contributed by atoms with van der Waals surface area (Å²) < 4.78 is 36.2. The van der Waals surface area contributed by atoms with E-state index in [2.05, 4.69) is 21.2 Å². The highest BCUT2D eigenvalue weighted by Crippen LogP contribution is 2.31. The summed E-state index contributed by atoms with van der Waals surface area (Å²) in [6, 6.07) is 2.32. The van der Waals surface area contributed by atoms with Crippen LogP contribution in [0.1, 0.15) is 6.92 Å². The van der Waals surface area contributed by atoms with Gasteiger partial charge in [-0.05, 0) is 14.0 Å². The minimum Gasteiger partial charge on any atom is -0.442 e. The average molecular weight is 395 g/mol. The zero-order valence-corrected chi connectivity index (χ0v) is 15.7. The molecular formula is C17H23F2N7O2. The third-order valence-electron chi connectivity index (χ3n) is 4.43. The normalized spacial score (nSPS) is 16.5. The molecule has 28 heavy (non-hydrogen) atoms. The van der Waals surface area contributed by atoms with E-state index >= 15 is 0 Å². The molecule has 1 aliphatic heterocycles. The fourth-order valence-corrected chi connectivity index (χ4v) is 3.12. The van der Waals surface area contributed by atoms with E-state index in [0.29, 0.717) is 26.2 Å². The van der Waals surface area contributed by atoms with Crippen LogP contribution in [0.2, 0.25) is 0 Å². The summed E-state index contributed by atoms with van der Waals surface area (Å²) in [6.07, 6.45) is 2.03. The molecule has 0 spiro atoms. The van der Waals surface area contributed by atoms with E-state index in [4.69, 9.17) is 4.74 Å². The summed E-state index contributed by atoms with van der Waals surface area (Å²) in [7, 11) is 1.72. The number of hydrazine groups is 1. The molecule has 0 aliphatic carbocycles.